The summed E-state index contributed by atoms with van der Waals surface area (Å²) >= 11 is 0. The van der Waals surface area contributed by atoms with E-state index in [-0.39, 0.29) is 12.2 Å². The number of piperidine rings is 1. The molecule has 44 heavy (non-hydrogen) atoms. The average Bonchev–Trinajstić information content (AvgIpc) is 3.42. The summed E-state index contributed by atoms with van der Waals surface area (Å²) in [6.07, 6.45) is -7.52. The molecule has 2 saturated heterocycles. The molecular weight excluding hydrogens is 629 g/mol. The number of ether oxygens (including phenoxy) is 2. The number of pyridine rings is 2. The quantitative estimate of drug-likeness (QED) is 0.407. The van der Waals surface area contributed by atoms with E-state index in [4.69, 9.17) is 39.2 Å². The number of hydrogen-bond acceptors (Lipinski definition) is 8. The summed E-state index contributed by atoms with van der Waals surface area (Å²) in [5.41, 5.74) is 1.30. The minimum absolute atomic E-state index is 0.0890. The van der Waals surface area contributed by atoms with Crippen molar-refractivity contribution in [1.82, 2.24) is 14.9 Å². The van der Waals surface area contributed by atoms with Crippen LogP contribution in [0.5, 0.6) is 5.88 Å². The summed E-state index contributed by atoms with van der Waals surface area (Å²) < 4.78 is 107. The SMILES string of the molecule is O=C(O)C(F)(F)F.O=C(O)C(F)(F)F.O=C(O)C(F)(F)F.c1ccc(O[C@@H]2CCN(Cc3ccncc3)[C@H]3CCO[C@H]23)nc1. The summed E-state index contributed by atoms with van der Waals surface area (Å²) in [7, 11) is 0. The van der Waals surface area contributed by atoms with Gasteiger partial charge in [-0.25, -0.2) is 19.4 Å². The molecule has 2 aliphatic rings. The van der Waals surface area contributed by atoms with Gasteiger partial charge in [0.15, 0.2) is 0 Å². The number of hydrogen-bond donors (Lipinski definition) is 3. The van der Waals surface area contributed by atoms with Crippen LogP contribution in [-0.4, -0.2) is 98.0 Å². The number of likely N-dealkylation sites (tertiary alicyclic amines) is 1. The smallest absolute Gasteiger partial charge is 0.475 e. The van der Waals surface area contributed by atoms with E-state index in [1.54, 1.807) is 6.20 Å². The Morgan fingerprint density at radius 2 is 1.32 bits per heavy atom. The highest BCUT2D eigenvalue weighted by Crippen LogP contribution is 2.31. The van der Waals surface area contributed by atoms with Crippen molar-refractivity contribution < 1.29 is 78.7 Å². The van der Waals surface area contributed by atoms with E-state index in [0.29, 0.717) is 11.9 Å². The summed E-state index contributed by atoms with van der Waals surface area (Å²) in [6.45, 7) is 2.78. The van der Waals surface area contributed by atoms with Crippen LogP contribution in [0.1, 0.15) is 18.4 Å². The maximum atomic E-state index is 10.6. The topological polar surface area (TPSA) is 159 Å². The molecule has 0 radical (unpaired) electrons. The van der Waals surface area contributed by atoms with Crippen molar-refractivity contribution in [3.8, 4) is 5.88 Å². The van der Waals surface area contributed by atoms with Gasteiger partial charge in [-0.3, -0.25) is 9.88 Å². The van der Waals surface area contributed by atoms with E-state index in [2.05, 4.69) is 27.0 Å². The minimum atomic E-state index is -5.08. The molecule has 4 heterocycles. The lowest BCUT2D eigenvalue weighted by molar-refractivity contribution is -0.193. The summed E-state index contributed by atoms with van der Waals surface area (Å²) in [6, 6.07) is 10.4. The number of halogens is 9. The van der Waals surface area contributed by atoms with Gasteiger partial charge in [0.1, 0.15) is 12.2 Å². The highest BCUT2D eigenvalue weighted by molar-refractivity contribution is 5.73. The minimum Gasteiger partial charge on any atom is -0.475 e. The van der Waals surface area contributed by atoms with Crippen LogP contribution >= 0.6 is 0 Å². The molecular formula is C24H24F9N3O8. The van der Waals surface area contributed by atoms with E-state index >= 15 is 0 Å². The second kappa shape index (κ2) is 16.6. The molecule has 2 fully saturated rings. The number of fused-ring (bicyclic) bond motifs is 1. The van der Waals surface area contributed by atoms with Gasteiger partial charge in [-0.1, -0.05) is 6.07 Å². The monoisotopic (exact) mass is 653 g/mol. The van der Waals surface area contributed by atoms with Crippen LogP contribution in [-0.2, 0) is 25.7 Å². The zero-order chi connectivity index (χ0) is 33.7. The molecule has 4 rings (SSSR count). The van der Waals surface area contributed by atoms with E-state index in [1.165, 1.54) is 5.56 Å². The van der Waals surface area contributed by atoms with E-state index in [9.17, 15) is 39.5 Å². The van der Waals surface area contributed by atoms with Gasteiger partial charge < -0.3 is 24.8 Å². The van der Waals surface area contributed by atoms with Crippen molar-refractivity contribution >= 4 is 17.9 Å². The largest absolute Gasteiger partial charge is 0.490 e. The van der Waals surface area contributed by atoms with Crippen LogP contribution in [0, 0.1) is 0 Å². The lowest BCUT2D eigenvalue weighted by atomic mass is 9.95. The number of rotatable bonds is 4. The van der Waals surface area contributed by atoms with Gasteiger partial charge in [-0.05, 0) is 36.6 Å². The highest BCUT2D eigenvalue weighted by atomic mass is 19.4. The number of carbonyl (C=O) groups is 3. The Hall–Kier alpha value is -4.20. The lowest BCUT2D eigenvalue weighted by Crippen LogP contribution is -2.53. The van der Waals surface area contributed by atoms with Gasteiger partial charge in [-0.2, -0.15) is 39.5 Å². The van der Waals surface area contributed by atoms with Crippen molar-refractivity contribution in [2.45, 2.75) is 56.2 Å². The molecule has 0 amide bonds. The Morgan fingerprint density at radius 1 is 0.818 bits per heavy atom. The number of carboxylic acids is 3. The molecule has 2 aromatic rings. The fourth-order valence-electron chi connectivity index (χ4n) is 3.59. The number of nitrogens with zero attached hydrogens (tertiary/aromatic N) is 3. The molecule has 2 aliphatic heterocycles. The van der Waals surface area contributed by atoms with E-state index in [0.717, 1.165) is 32.5 Å². The van der Waals surface area contributed by atoms with Crippen molar-refractivity contribution in [2.75, 3.05) is 13.2 Å². The van der Waals surface area contributed by atoms with E-state index in [1.807, 2.05) is 30.6 Å². The van der Waals surface area contributed by atoms with Gasteiger partial charge in [0.05, 0.1) is 0 Å². The predicted octanol–water partition coefficient (Wildman–Crippen LogP) is 4.19. The summed E-state index contributed by atoms with van der Waals surface area (Å²) in [4.78, 5) is 37.6. The van der Waals surface area contributed by atoms with Crippen LogP contribution in [0.3, 0.4) is 0 Å². The third-order valence-corrected chi connectivity index (χ3v) is 5.41. The summed E-state index contributed by atoms with van der Waals surface area (Å²) in [5.74, 6) is -7.58. The molecule has 3 atom stereocenters. The first-order valence-electron chi connectivity index (χ1n) is 12.0. The van der Waals surface area contributed by atoms with Crippen LogP contribution in [0.15, 0.2) is 48.9 Å². The fraction of sp³-hybridized carbons (Fsp3) is 0.458. The van der Waals surface area contributed by atoms with Crippen LogP contribution < -0.4 is 4.74 Å². The van der Waals surface area contributed by atoms with Crippen molar-refractivity contribution in [1.29, 1.82) is 0 Å². The summed E-state index contributed by atoms with van der Waals surface area (Å²) in [5, 5.41) is 21.4. The first-order valence-corrected chi connectivity index (χ1v) is 12.0. The number of aliphatic carboxylic acids is 3. The first-order chi connectivity index (χ1) is 20.2. The van der Waals surface area contributed by atoms with Gasteiger partial charge in [0.2, 0.25) is 5.88 Å². The second-order valence-corrected chi connectivity index (χ2v) is 8.54. The van der Waals surface area contributed by atoms with Crippen molar-refractivity contribution in [3.63, 3.8) is 0 Å². The molecule has 0 unspecified atom stereocenters. The molecule has 0 saturated carbocycles. The zero-order valence-corrected chi connectivity index (χ0v) is 22.0. The Balaban J connectivity index is 0.000000379. The van der Waals surface area contributed by atoms with Crippen LogP contribution in [0.4, 0.5) is 39.5 Å². The zero-order valence-electron chi connectivity index (χ0n) is 22.0. The number of aromatic nitrogens is 2. The predicted molar refractivity (Wildman–Crippen MR) is 127 cm³/mol. The Kier molecular flexibility index (Phi) is 14.3. The maximum absolute atomic E-state index is 10.6. The second-order valence-electron chi connectivity index (χ2n) is 8.54. The maximum Gasteiger partial charge on any atom is 0.490 e. The Morgan fingerprint density at radius 3 is 1.75 bits per heavy atom. The van der Waals surface area contributed by atoms with Gasteiger partial charge in [0.25, 0.3) is 0 Å². The van der Waals surface area contributed by atoms with Gasteiger partial charge in [-0.15, -0.1) is 0 Å². The van der Waals surface area contributed by atoms with Crippen molar-refractivity contribution in [2.24, 2.45) is 0 Å². The first kappa shape index (κ1) is 37.8. The van der Waals surface area contributed by atoms with Crippen molar-refractivity contribution in [3.05, 3.63) is 54.5 Å². The molecule has 0 aliphatic carbocycles. The molecule has 11 nitrogen and oxygen atoms in total. The van der Waals surface area contributed by atoms with Gasteiger partial charge in [0, 0.05) is 50.4 Å². The van der Waals surface area contributed by atoms with Crippen LogP contribution in [0.25, 0.3) is 0 Å². The van der Waals surface area contributed by atoms with E-state index < -0.39 is 36.4 Å². The molecule has 246 valence electrons. The standard InChI is InChI=1S/C18H21N3O2.3C2HF3O2/c1-2-8-20-17(3-1)23-16-6-11-21(15-7-12-22-18(15)16)13-14-4-9-19-10-5-14;3*3-2(4,5)1(6)7/h1-5,8-10,15-16,18H,6-7,11-13H2;3*(H,6,7)/t15-,16+,18-;;;/m0.../s1. The Labute approximate surface area is 241 Å². The molecule has 2 aromatic heterocycles. The molecule has 0 aromatic carbocycles. The molecule has 20 heteroatoms. The average molecular weight is 653 g/mol. The van der Waals surface area contributed by atoms with Crippen LogP contribution in [0.2, 0.25) is 0 Å². The van der Waals surface area contributed by atoms with Gasteiger partial charge >= 0.3 is 36.4 Å². The number of carboxylic acid groups (broad SMARTS) is 3. The number of alkyl halides is 9. The molecule has 0 spiro atoms. The third kappa shape index (κ3) is 13.8. The Bertz CT molecular complexity index is 1070. The molecule has 0 bridgehead atoms. The normalized spacial score (nSPS) is 19.8. The molecule has 3 N–H and O–H groups in total. The highest BCUT2D eigenvalue weighted by Gasteiger charge is 2.43. The third-order valence-electron chi connectivity index (χ3n) is 5.41. The lowest BCUT2D eigenvalue weighted by Gasteiger charge is -2.40. The fourth-order valence-corrected chi connectivity index (χ4v) is 3.59.